The van der Waals surface area contributed by atoms with E-state index in [9.17, 15) is 14.9 Å². The Labute approximate surface area is 157 Å². The minimum atomic E-state index is -0.445. The number of hydrogen-bond acceptors (Lipinski definition) is 5. The van der Waals surface area contributed by atoms with Crippen molar-refractivity contribution in [3.05, 3.63) is 69.8 Å². The average molecular weight is 368 g/mol. The van der Waals surface area contributed by atoms with Crippen molar-refractivity contribution in [3.63, 3.8) is 0 Å². The summed E-state index contributed by atoms with van der Waals surface area (Å²) in [5.74, 6) is 1.15. The number of amides is 1. The van der Waals surface area contributed by atoms with Crippen LogP contribution < -0.4 is 9.47 Å². The predicted molar refractivity (Wildman–Crippen MR) is 101 cm³/mol. The smallest absolute Gasteiger partial charge is 0.269 e. The molecule has 3 rings (SSSR count). The lowest BCUT2D eigenvalue weighted by Gasteiger charge is -2.24. The number of rotatable bonds is 5. The molecule has 0 aliphatic carbocycles. The monoisotopic (exact) mass is 368 g/mol. The van der Waals surface area contributed by atoms with Gasteiger partial charge in [-0.05, 0) is 36.3 Å². The summed E-state index contributed by atoms with van der Waals surface area (Å²) in [6.07, 6.45) is 3.18. The van der Waals surface area contributed by atoms with Gasteiger partial charge in [-0.25, -0.2) is 0 Å². The maximum Gasteiger partial charge on any atom is 0.269 e. The Morgan fingerprint density at radius 3 is 2.67 bits per heavy atom. The number of nitrogens with zero attached hydrogens (tertiary/aromatic N) is 2. The first kappa shape index (κ1) is 18.4. The molecule has 0 fully saturated rings. The molecule has 7 heteroatoms. The van der Waals surface area contributed by atoms with Crippen LogP contribution in [0.25, 0.3) is 6.08 Å². The van der Waals surface area contributed by atoms with Gasteiger partial charge in [0.2, 0.25) is 5.91 Å². The normalized spacial score (nSPS) is 14.0. The highest BCUT2D eigenvalue weighted by atomic mass is 16.6. The molecule has 0 spiro atoms. The fourth-order valence-electron chi connectivity index (χ4n) is 2.76. The van der Waals surface area contributed by atoms with Crippen molar-refractivity contribution in [2.24, 2.45) is 0 Å². The lowest BCUT2D eigenvalue weighted by molar-refractivity contribution is -0.384. The van der Waals surface area contributed by atoms with E-state index in [2.05, 4.69) is 0 Å². The van der Waals surface area contributed by atoms with Gasteiger partial charge in [-0.1, -0.05) is 18.2 Å². The number of carbonyl (C=O) groups excluding carboxylic acids is 1. The minimum absolute atomic E-state index is 0.00650. The second kappa shape index (κ2) is 7.90. The summed E-state index contributed by atoms with van der Waals surface area (Å²) in [6.45, 7) is 2.86. The molecule has 0 saturated heterocycles. The van der Waals surface area contributed by atoms with Crippen molar-refractivity contribution in [2.45, 2.75) is 13.0 Å². The standard InChI is InChI=1S/C20H20N2O5/c1-14(16-4-3-5-17(13-16)22(24)25)21(2)20(23)9-7-15-6-8-18-19(12-15)27-11-10-26-18/h3-9,12-14H,10-11H2,1-2H3/b9-7+/t14-/m0/s1. The molecule has 0 bridgehead atoms. The first-order valence-corrected chi connectivity index (χ1v) is 8.54. The molecule has 7 nitrogen and oxygen atoms in total. The van der Waals surface area contributed by atoms with E-state index >= 15 is 0 Å². The average Bonchev–Trinajstić information content (AvgIpc) is 2.70. The SMILES string of the molecule is C[C@@H](c1cccc([N+](=O)[O-])c1)N(C)C(=O)/C=C/c1ccc2c(c1)OCCO2. The fourth-order valence-corrected chi connectivity index (χ4v) is 2.76. The van der Waals surface area contributed by atoms with Crippen molar-refractivity contribution in [2.75, 3.05) is 20.3 Å². The van der Waals surface area contributed by atoms with Crippen molar-refractivity contribution >= 4 is 17.7 Å². The second-order valence-corrected chi connectivity index (χ2v) is 6.21. The van der Waals surface area contributed by atoms with E-state index in [1.165, 1.54) is 23.1 Å². The molecule has 0 radical (unpaired) electrons. The number of ether oxygens (including phenoxy) is 2. The fraction of sp³-hybridized carbons (Fsp3) is 0.250. The van der Waals surface area contributed by atoms with Crippen molar-refractivity contribution < 1.29 is 19.2 Å². The Bertz CT molecular complexity index is 894. The second-order valence-electron chi connectivity index (χ2n) is 6.21. The molecule has 1 heterocycles. The van der Waals surface area contributed by atoms with Gasteiger partial charge in [0.25, 0.3) is 5.69 Å². The van der Waals surface area contributed by atoms with Crippen LogP contribution in [0.15, 0.2) is 48.5 Å². The summed E-state index contributed by atoms with van der Waals surface area (Å²) >= 11 is 0. The first-order valence-electron chi connectivity index (χ1n) is 8.54. The van der Waals surface area contributed by atoms with E-state index in [0.717, 1.165) is 5.56 Å². The van der Waals surface area contributed by atoms with Crippen LogP contribution in [0, 0.1) is 10.1 Å². The molecule has 1 atom stereocenters. The van der Waals surface area contributed by atoms with Crippen molar-refractivity contribution in [3.8, 4) is 11.5 Å². The molecule has 27 heavy (non-hydrogen) atoms. The number of benzene rings is 2. The van der Waals surface area contributed by atoms with E-state index in [-0.39, 0.29) is 17.6 Å². The number of nitro groups is 1. The quantitative estimate of drug-likeness (QED) is 0.457. The highest BCUT2D eigenvalue weighted by Crippen LogP contribution is 2.31. The third-order valence-electron chi connectivity index (χ3n) is 4.48. The Balaban J connectivity index is 1.70. The molecule has 0 unspecified atom stereocenters. The lowest BCUT2D eigenvalue weighted by atomic mass is 10.1. The largest absolute Gasteiger partial charge is 0.486 e. The third-order valence-corrected chi connectivity index (χ3v) is 4.48. The van der Waals surface area contributed by atoms with Gasteiger partial charge in [0, 0.05) is 25.3 Å². The highest BCUT2D eigenvalue weighted by molar-refractivity contribution is 5.92. The van der Waals surface area contributed by atoms with E-state index in [1.807, 2.05) is 25.1 Å². The third kappa shape index (κ3) is 4.25. The summed E-state index contributed by atoms with van der Waals surface area (Å²) in [6, 6.07) is 11.5. The number of nitro benzene ring substituents is 1. The maximum atomic E-state index is 12.5. The zero-order valence-corrected chi connectivity index (χ0v) is 15.1. The number of likely N-dealkylation sites (N-methyl/N-ethyl adjacent to an activating group) is 1. The molecular weight excluding hydrogens is 348 g/mol. The van der Waals surface area contributed by atoms with Crippen LogP contribution in [0.3, 0.4) is 0 Å². The first-order chi connectivity index (χ1) is 13.0. The Kier molecular flexibility index (Phi) is 5.40. The Morgan fingerprint density at radius 2 is 1.93 bits per heavy atom. The van der Waals surface area contributed by atoms with E-state index in [4.69, 9.17) is 9.47 Å². The summed E-state index contributed by atoms with van der Waals surface area (Å²) in [5.41, 5.74) is 1.53. The number of hydrogen-bond donors (Lipinski definition) is 0. The van der Waals surface area contributed by atoms with Gasteiger partial charge in [0.1, 0.15) is 13.2 Å². The lowest BCUT2D eigenvalue weighted by Crippen LogP contribution is -2.28. The van der Waals surface area contributed by atoms with Gasteiger partial charge < -0.3 is 14.4 Å². The molecule has 0 N–H and O–H groups in total. The van der Waals surface area contributed by atoms with Gasteiger partial charge in [-0.2, -0.15) is 0 Å². The van der Waals surface area contributed by atoms with Crippen molar-refractivity contribution in [1.82, 2.24) is 4.90 Å². The van der Waals surface area contributed by atoms with Crippen LogP contribution in [0.4, 0.5) is 5.69 Å². The van der Waals surface area contributed by atoms with E-state index < -0.39 is 4.92 Å². The Hall–Kier alpha value is -3.35. The van der Waals surface area contributed by atoms with Gasteiger partial charge in [-0.3, -0.25) is 14.9 Å². The van der Waals surface area contributed by atoms with Crippen LogP contribution in [-0.2, 0) is 4.79 Å². The summed E-state index contributed by atoms with van der Waals surface area (Å²) in [5, 5.41) is 10.9. The van der Waals surface area contributed by atoms with Crippen LogP contribution in [0.5, 0.6) is 11.5 Å². The molecule has 2 aromatic rings. The molecule has 1 aliphatic rings. The molecule has 0 saturated carbocycles. The van der Waals surface area contributed by atoms with Gasteiger partial charge in [-0.15, -0.1) is 0 Å². The van der Waals surface area contributed by atoms with Gasteiger partial charge >= 0.3 is 0 Å². The summed E-state index contributed by atoms with van der Waals surface area (Å²) < 4.78 is 11.0. The van der Waals surface area contributed by atoms with E-state index in [1.54, 1.807) is 25.3 Å². The maximum absolute atomic E-state index is 12.5. The number of carbonyl (C=O) groups is 1. The van der Waals surface area contributed by atoms with Gasteiger partial charge in [0.05, 0.1) is 11.0 Å². The summed E-state index contributed by atoms with van der Waals surface area (Å²) in [7, 11) is 1.67. The molecule has 140 valence electrons. The number of fused-ring (bicyclic) bond motifs is 1. The highest BCUT2D eigenvalue weighted by Gasteiger charge is 2.18. The molecule has 2 aromatic carbocycles. The van der Waals surface area contributed by atoms with Crippen LogP contribution >= 0.6 is 0 Å². The zero-order chi connectivity index (χ0) is 19.4. The number of non-ortho nitro benzene ring substituents is 1. The molecule has 1 aliphatic heterocycles. The van der Waals surface area contributed by atoms with Crippen LogP contribution in [0.1, 0.15) is 24.1 Å². The zero-order valence-electron chi connectivity index (χ0n) is 15.1. The van der Waals surface area contributed by atoms with Crippen LogP contribution in [0.2, 0.25) is 0 Å². The predicted octanol–water partition coefficient (Wildman–Crippen LogP) is 3.60. The van der Waals surface area contributed by atoms with Crippen LogP contribution in [-0.4, -0.2) is 36.0 Å². The Morgan fingerprint density at radius 1 is 1.19 bits per heavy atom. The minimum Gasteiger partial charge on any atom is -0.486 e. The summed E-state index contributed by atoms with van der Waals surface area (Å²) in [4.78, 5) is 24.5. The molecule has 0 aromatic heterocycles. The van der Waals surface area contributed by atoms with Crippen molar-refractivity contribution in [1.29, 1.82) is 0 Å². The van der Waals surface area contributed by atoms with E-state index in [0.29, 0.717) is 30.3 Å². The van der Waals surface area contributed by atoms with Gasteiger partial charge in [0.15, 0.2) is 11.5 Å². The topological polar surface area (TPSA) is 81.9 Å². The molecule has 1 amide bonds. The molecular formula is C20H20N2O5.